The zero-order valence-electron chi connectivity index (χ0n) is 12.2. The fourth-order valence-electron chi connectivity index (χ4n) is 2.60. The average Bonchev–Trinajstić information content (AvgIpc) is 2.82. The molecule has 0 saturated heterocycles. The van der Waals surface area contributed by atoms with Crippen molar-refractivity contribution in [1.82, 2.24) is 4.90 Å². The maximum absolute atomic E-state index is 12.5. The SMILES string of the molecule is NC(CC(=O)O)C(N)(C(=O)O)N1Cc2c(cccc2[N+](=O)[O-])C1=O. The Morgan fingerprint density at radius 1 is 1.42 bits per heavy atom. The molecule has 2 atom stereocenters. The summed E-state index contributed by atoms with van der Waals surface area (Å²) in [5, 5.41) is 29.3. The fourth-order valence-corrected chi connectivity index (χ4v) is 2.60. The van der Waals surface area contributed by atoms with E-state index in [0.29, 0.717) is 4.90 Å². The van der Waals surface area contributed by atoms with E-state index in [1.165, 1.54) is 18.2 Å². The number of hydrogen-bond acceptors (Lipinski definition) is 7. The Kier molecular flexibility index (Phi) is 4.23. The summed E-state index contributed by atoms with van der Waals surface area (Å²) in [6.07, 6.45) is -0.801. The summed E-state index contributed by atoms with van der Waals surface area (Å²) in [5.41, 5.74) is 8.45. The molecule has 11 heteroatoms. The minimum Gasteiger partial charge on any atom is -0.481 e. The van der Waals surface area contributed by atoms with Crippen LogP contribution in [-0.2, 0) is 16.1 Å². The number of nitro benzene ring substituents is 1. The van der Waals surface area contributed by atoms with Crippen LogP contribution in [0, 0.1) is 10.1 Å². The Labute approximate surface area is 134 Å². The van der Waals surface area contributed by atoms with Gasteiger partial charge in [0.15, 0.2) is 0 Å². The number of carboxylic acids is 2. The first-order valence-corrected chi connectivity index (χ1v) is 6.68. The molecule has 6 N–H and O–H groups in total. The predicted molar refractivity (Wildman–Crippen MR) is 77.8 cm³/mol. The number of aliphatic carboxylic acids is 2. The summed E-state index contributed by atoms with van der Waals surface area (Å²) in [6, 6.07) is 2.14. The number of carbonyl (C=O) groups is 3. The van der Waals surface area contributed by atoms with Crippen LogP contribution in [0.5, 0.6) is 0 Å². The van der Waals surface area contributed by atoms with Crippen molar-refractivity contribution in [2.24, 2.45) is 11.5 Å². The number of benzene rings is 1. The number of carboxylic acid groups (broad SMARTS) is 2. The molecule has 11 nitrogen and oxygen atoms in total. The first-order valence-electron chi connectivity index (χ1n) is 6.68. The van der Waals surface area contributed by atoms with Gasteiger partial charge >= 0.3 is 11.9 Å². The molecule has 0 aliphatic carbocycles. The first kappa shape index (κ1) is 17.3. The van der Waals surface area contributed by atoms with Crippen molar-refractivity contribution in [1.29, 1.82) is 0 Å². The van der Waals surface area contributed by atoms with E-state index in [4.69, 9.17) is 16.6 Å². The highest BCUT2D eigenvalue weighted by Crippen LogP contribution is 2.34. The van der Waals surface area contributed by atoms with Gasteiger partial charge in [-0.15, -0.1) is 0 Å². The number of rotatable bonds is 6. The molecule has 1 amide bonds. The van der Waals surface area contributed by atoms with Gasteiger partial charge in [-0.3, -0.25) is 25.4 Å². The van der Waals surface area contributed by atoms with E-state index in [-0.39, 0.29) is 16.8 Å². The smallest absolute Gasteiger partial charge is 0.346 e. The molecular weight excluding hydrogens is 324 g/mol. The van der Waals surface area contributed by atoms with Crippen molar-refractivity contribution < 1.29 is 29.5 Å². The van der Waals surface area contributed by atoms with E-state index in [0.717, 1.165) is 0 Å². The van der Waals surface area contributed by atoms with Gasteiger partial charge in [0.05, 0.1) is 35.1 Å². The molecule has 1 aromatic rings. The molecule has 0 spiro atoms. The van der Waals surface area contributed by atoms with Gasteiger partial charge in [-0.05, 0) is 6.07 Å². The maximum atomic E-state index is 12.5. The molecule has 1 aliphatic heterocycles. The Bertz CT molecular complexity index is 750. The van der Waals surface area contributed by atoms with Gasteiger partial charge in [-0.1, -0.05) is 6.07 Å². The van der Waals surface area contributed by atoms with E-state index < -0.39 is 47.4 Å². The van der Waals surface area contributed by atoms with Crippen LogP contribution in [0.1, 0.15) is 22.3 Å². The van der Waals surface area contributed by atoms with Gasteiger partial charge in [0.25, 0.3) is 11.6 Å². The van der Waals surface area contributed by atoms with E-state index in [1.54, 1.807) is 0 Å². The van der Waals surface area contributed by atoms with Gasteiger partial charge in [0, 0.05) is 6.07 Å². The lowest BCUT2D eigenvalue weighted by Crippen LogP contribution is -2.71. The molecule has 0 radical (unpaired) electrons. The maximum Gasteiger partial charge on any atom is 0.346 e. The molecule has 1 heterocycles. The Morgan fingerprint density at radius 3 is 2.54 bits per heavy atom. The summed E-state index contributed by atoms with van der Waals surface area (Å²) in [4.78, 5) is 45.9. The molecule has 1 aromatic carbocycles. The minimum absolute atomic E-state index is 0.00565. The molecule has 2 rings (SSSR count). The van der Waals surface area contributed by atoms with Gasteiger partial charge in [0.1, 0.15) is 0 Å². The summed E-state index contributed by atoms with van der Waals surface area (Å²) < 4.78 is 0. The number of nitro groups is 1. The third-order valence-electron chi connectivity index (χ3n) is 3.89. The number of amides is 1. The number of carbonyl (C=O) groups excluding carboxylic acids is 1. The van der Waals surface area contributed by atoms with Gasteiger partial charge in [-0.2, -0.15) is 0 Å². The van der Waals surface area contributed by atoms with Crippen LogP contribution in [0.2, 0.25) is 0 Å². The van der Waals surface area contributed by atoms with E-state index in [2.05, 4.69) is 0 Å². The highest BCUT2D eigenvalue weighted by atomic mass is 16.6. The average molecular weight is 338 g/mol. The lowest BCUT2D eigenvalue weighted by molar-refractivity contribution is -0.385. The molecule has 24 heavy (non-hydrogen) atoms. The molecule has 2 unspecified atom stereocenters. The second-order valence-corrected chi connectivity index (χ2v) is 5.29. The Morgan fingerprint density at radius 2 is 2.04 bits per heavy atom. The van der Waals surface area contributed by atoms with Gasteiger partial charge in [0.2, 0.25) is 5.66 Å². The Hall–Kier alpha value is -3.05. The quantitative estimate of drug-likeness (QED) is 0.375. The minimum atomic E-state index is -2.53. The molecule has 0 saturated carbocycles. The molecular formula is C13H14N4O7. The van der Waals surface area contributed by atoms with Crippen LogP contribution in [-0.4, -0.2) is 49.6 Å². The second-order valence-electron chi connectivity index (χ2n) is 5.29. The Balaban J connectivity index is 2.50. The van der Waals surface area contributed by atoms with Crippen molar-refractivity contribution >= 4 is 23.5 Å². The van der Waals surface area contributed by atoms with Crippen molar-refractivity contribution in [3.05, 3.63) is 39.4 Å². The third kappa shape index (κ3) is 2.55. The van der Waals surface area contributed by atoms with Crippen LogP contribution in [0.25, 0.3) is 0 Å². The van der Waals surface area contributed by atoms with E-state index in [9.17, 15) is 29.6 Å². The van der Waals surface area contributed by atoms with Crippen LogP contribution >= 0.6 is 0 Å². The lowest BCUT2D eigenvalue weighted by atomic mass is 9.97. The van der Waals surface area contributed by atoms with Crippen LogP contribution in [0.4, 0.5) is 5.69 Å². The van der Waals surface area contributed by atoms with Crippen LogP contribution in [0.15, 0.2) is 18.2 Å². The van der Waals surface area contributed by atoms with Crippen molar-refractivity contribution in [2.75, 3.05) is 0 Å². The van der Waals surface area contributed by atoms with Crippen LogP contribution < -0.4 is 11.5 Å². The van der Waals surface area contributed by atoms with Crippen LogP contribution in [0.3, 0.4) is 0 Å². The predicted octanol–water partition coefficient (Wildman–Crippen LogP) is -0.908. The first-order chi connectivity index (χ1) is 11.1. The van der Waals surface area contributed by atoms with Crippen molar-refractivity contribution in [3.63, 3.8) is 0 Å². The number of nitrogens with two attached hydrogens (primary N) is 2. The van der Waals surface area contributed by atoms with Gasteiger partial charge in [-0.25, -0.2) is 4.79 Å². The summed E-state index contributed by atoms with van der Waals surface area (Å²) in [5.74, 6) is -3.96. The van der Waals surface area contributed by atoms with Crippen molar-refractivity contribution in [2.45, 2.75) is 24.7 Å². The number of hydrogen-bond donors (Lipinski definition) is 4. The summed E-state index contributed by atoms with van der Waals surface area (Å²) in [7, 11) is 0. The van der Waals surface area contributed by atoms with Crippen molar-refractivity contribution in [3.8, 4) is 0 Å². The lowest BCUT2D eigenvalue weighted by Gasteiger charge is -2.38. The highest BCUT2D eigenvalue weighted by molar-refractivity contribution is 6.02. The molecule has 0 bridgehead atoms. The number of nitrogens with zero attached hydrogens (tertiary/aromatic N) is 2. The van der Waals surface area contributed by atoms with Gasteiger partial charge < -0.3 is 20.8 Å². The highest BCUT2D eigenvalue weighted by Gasteiger charge is 2.52. The normalized spacial score (nSPS) is 17.1. The summed E-state index contributed by atoms with van der Waals surface area (Å²) >= 11 is 0. The molecule has 1 aliphatic rings. The van der Waals surface area contributed by atoms with E-state index in [1.807, 2.05) is 0 Å². The topological polar surface area (TPSA) is 190 Å². The molecule has 0 aromatic heterocycles. The number of fused-ring (bicyclic) bond motifs is 1. The second kappa shape index (κ2) is 5.86. The summed E-state index contributed by atoms with van der Waals surface area (Å²) in [6.45, 7) is -0.457. The fraction of sp³-hybridized carbons (Fsp3) is 0.308. The molecule has 0 fully saturated rings. The van der Waals surface area contributed by atoms with E-state index >= 15 is 0 Å². The monoisotopic (exact) mass is 338 g/mol. The largest absolute Gasteiger partial charge is 0.481 e. The standard InChI is InChI=1S/C13H14N4O7/c14-9(4-10(18)19)13(15,12(21)22)16-5-7-6(11(16)20)2-1-3-8(7)17(23)24/h1-3,9H,4-5,14-15H2,(H,18,19)(H,21,22). The molecule has 128 valence electrons. The zero-order valence-corrected chi connectivity index (χ0v) is 12.2. The third-order valence-corrected chi connectivity index (χ3v) is 3.89. The zero-order chi connectivity index (χ0) is 18.2.